The number of fused-ring (bicyclic) bond motifs is 1. The van der Waals surface area contributed by atoms with E-state index in [4.69, 9.17) is 5.41 Å². The Bertz CT molecular complexity index is 2910. The van der Waals surface area contributed by atoms with Gasteiger partial charge in [-0.2, -0.15) is 26.8 Å². The number of allylic oxidation sites excluding steroid dienone is 3. The standard InChI is InChI=1S/C29H19N7O11S2/c30-23-20(49(45,46)47)12-18(21-22(23)25(38)16-4-2-1-3-15(16)24(21)37)31-14-5-6-19(48(42,43)44)17(11-14)32-27-33-28(35-29(41)34-27)36-9-7-13(8-10-36)26(39)40/h1-12,30,39-40H,(H,42,43,44)(H,45,46,47)(H2,32,33,34,35,41). The summed E-state index contributed by atoms with van der Waals surface area (Å²) in [5.74, 6) is -1.52. The van der Waals surface area contributed by atoms with Crippen LogP contribution in [0.3, 0.4) is 0 Å². The summed E-state index contributed by atoms with van der Waals surface area (Å²) in [4.78, 5) is 53.1. The predicted octanol–water partition coefficient (Wildman–Crippen LogP) is 0.763. The maximum Gasteiger partial charge on any atom is 0.373 e. The molecule has 1 aromatic heterocycles. The number of nitrogens with one attached hydrogen (secondary N) is 3. The van der Waals surface area contributed by atoms with Gasteiger partial charge < -0.3 is 15.5 Å². The lowest BCUT2D eigenvalue weighted by Gasteiger charge is -2.18. The fraction of sp³-hybridized carbons (Fsp3) is 0. The quantitative estimate of drug-likeness (QED) is 0.0948. The highest BCUT2D eigenvalue weighted by atomic mass is 32.2. The van der Waals surface area contributed by atoms with Crippen LogP contribution in [0.5, 0.6) is 0 Å². The van der Waals surface area contributed by atoms with Crippen LogP contribution >= 0.6 is 0 Å². The van der Waals surface area contributed by atoms with Gasteiger partial charge in [0.25, 0.3) is 26.2 Å². The second-order valence-corrected chi connectivity index (χ2v) is 13.0. The number of rotatable bonds is 6. The van der Waals surface area contributed by atoms with Crippen LogP contribution in [0.2, 0.25) is 0 Å². The minimum atomic E-state index is -5.12. The van der Waals surface area contributed by atoms with E-state index in [9.17, 15) is 50.5 Å². The molecule has 0 fully saturated rings. The number of nitrogens with zero attached hydrogens (tertiary/aromatic N) is 4. The SMILES string of the molecule is N=c1c(S(=O)(=O)O)cc(=Nc2ccc(S(=O)(=O)O)c(Nc3nc(=O)nc(N4C=CC(=C(O)O)C=C4)[nH]3)c2)c2c(=O)c3ccccc3c(=O)c1=2. The minimum Gasteiger partial charge on any atom is -0.481 e. The van der Waals surface area contributed by atoms with E-state index in [-0.39, 0.29) is 28.0 Å². The lowest BCUT2D eigenvalue weighted by atomic mass is 10.0. The van der Waals surface area contributed by atoms with E-state index >= 15 is 0 Å². The van der Waals surface area contributed by atoms with Gasteiger partial charge in [0.05, 0.1) is 38.1 Å². The molecule has 1 aliphatic heterocycles. The van der Waals surface area contributed by atoms with Crippen molar-refractivity contribution in [3.63, 3.8) is 0 Å². The summed E-state index contributed by atoms with van der Waals surface area (Å²) < 4.78 is 68.7. The van der Waals surface area contributed by atoms with E-state index in [1.807, 2.05) is 0 Å². The van der Waals surface area contributed by atoms with Crippen LogP contribution < -0.4 is 37.5 Å². The largest absolute Gasteiger partial charge is 0.481 e. The van der Waals surface area contributed by atoms with Crippen molar-refractivity contribution in [2.75, 3.05) is 10.2 Å². The van der Waals surface area contributed by atoms with E-state index in [1.165, 1.54) is 53.7 Å². The van der Waals surface area contributed by atoms with E-state index in [0.717, 1.165) is 18.2 Å². The van der Waals surface area contributed by atoms with E-state index in [0.29, 0.717) is 6.07 Å². The highest BCUT2D eigenvalue weighted by Crippen LogP contribution is 2.29. The molecular formula is C29H19N7O11S2. The van der Waals surface area contributed by atoms with Crippen molar-refractivity contribution >= 4 is 54.3 Å². The van der Waals surface area contributed by atoms with Crippen molar-refractivity contribution in [3.8, 4) is 0 Å². The highest BCUT2D eigenvalue weighted by Gasteiger charge is 2.21. The summed E-state index contributed by atoms with van der Waals surface area (Å²) >= 11 is 0. The van der Waals surface area contributed by atoms with Crippen molar-refractivity contribution in [3.05, 3.63) is 137 Å². The third-order valence-electron chi connectivity index (χ3n) is 7.13. The smallest absolute Gasteiger partial charge is 0.373 e. The topological polar surface area (TPSA) is 293 Å². The Kier molecular flexibility index (Phi) is 7.79. The molecule has 2 aromatic carbocycles. The first kappa shape index (κ1) is 32.6. The zero-order valence-electron chi connectivity index (χ0n) is 24.2. The van der Waals surface area contributed by atoms with Crippen molar-refractivity contribution in [1.29, 1.82) is 5.41 Å². The molecule has 0 radical (unpaired) electrons. The summed E-state index contributed by atoms with van der Waals surface area (Å²) in [5, 5.41) is 26.7. The molecule has 2 aliphatic carbocycles. The first-order valence-corrected chi connectivity index (χ1v) is 16.3. The number of aromatic nitrogens is 3. The molecule has 248 valence electrons. The average molecular weight is 706 g/mol. The fourth-order valence-electron chi connectivity index (χ4n) is 4.99. The van der Waals surface area contributed by atoms with Crippen molar-refractivity contribution in [2.24, 2.45) is 4.99 Å². The van der Waals surface area contributed by atoms with Gasteiger partial charge in [0.1, 0.15) is 9.79 Å². The van der Waals surface area contributed by atoms with Gasteiger partial charge in [0, 0.05) is 23.2 Å². The van der Waals surface area contributed by atoms with Crippen LogP contribution in [0.4, 0.5) is 23.3 Å². The van der Waals surface area contributed by atoms with E-state index in [1.54, 1.807) is 0 Å². The summed E-state index contributed by atoms with van der Waals surface area (Å²) in [5.41, 5.74) is -3.29. The lowest BCUT2D eigenvalue weighted by molar-refractivity contribution is 0.188. The highest BCUT2D eigenvalue weighted by molar-refractivity contribution is 7.86. The molecule has 0 saturated carbocycles. The van der Waals surface area contributed by atoms with Crippen molar-refractivity contribution in [1.82, 2.24) is 15.0 Å². The maximum absolute atomic E-state index is 13.6. The third kappa shape index (κ3) is 6.09. The molecule has 3 aliphatic rings. The minimum absolute atomic E-state index is 0.0435. The number of aromatic amines is 1. The second-order valence-electron chi connectivity index (χ2n) is 10.2. The molecule has 7 N–H and O–H groups in total. The van der Waals surface area contributed by atoms with E-state index < -0.39 is 85.3 Å². The van der Waals surface area contributed by atoms with Gasteiger partial charge in [-0.1, -0.05) is 24.3 Å². The number of hydrogen-bond donors (Lipinski definition) is 7. The molecule has 18 nitrogen and oxygen atoms in total. The van der Waals surface area contributed by atoms with Gasteiger partial charge in [-0.05, 0) is 36.4 Å². The van der Waals surface area contributed by atoms with Crippen LogP contribution in [-0.4, -0.2) is 51.1 Å². The Morgan fingerprint density at radius 1 is 0.837 bits per heavy atom. The molecule has 0 saturated heterocycles. The van der Waals surface area contributed by atoms with Crippen LogP contribution in [0.15, 0.2) is 114 Å². The summed E-state index contributed by atoms with van der Waals surface area (Å²) in [6.07, 6.45) is 5.17. The number of aliphatic hydroxyl groups excluding tert-OH is 1. The number of anilines is 3. The molecule has 0 amide bonds. The van der Waals surface area contributed by atoms with Gasteiger partial charge in [-0.3, -0.25) is 34.0 Å². The number of H-pyrrole nitrogens is 1. The zero-order chi connectivity index (χ0) is 35.4. The Hall–Kier alpha value is -6.35. The number of aliphatic hydroxyl groups is 2. The normalized spacial score (nSPS) is 13.8. The first-order chi connectivity index (χ1) is 23.0. The molecule has 20 heteroatoms. The number of hydrogen-bond acceptors (Lipinski definition) is 15. The predicted molar refractivity (Wildman–Crippen MR) is 170 cm³/mol. The second kappa shape index (κ2) is 11.7. The molecule has 3 aromatic rings. The van der Waals surface area contributed by atoms with Gasteiger partial charge in [-0.25, -0.2) is 9.79 Å². The molecule has 0 unspecified atom stereocenters. The Morgan fingerprint density at radius 2 is 1.45 bits per heavy atom. The van der Waals surface area contributed by atoms with Crippen molar-refractivity contribution in [2.45, 2.75) is 9.79 Å². The van der Waals surface area contributed by atoms with Crippen molar-refractivity contribution < 1.29 is 36.2 Å². The van der Waals surface area contributed by atoms with Crippen LogP contribution in [0.25, 0.3) is 10.8 Å². The number of benzene rings is 2. The molecule has 0 bridgehead atoms. The van der Waals surface area contributed by atoms with Gasteiger partial charge in [0.15, 0.2) is 10.9 Å². The Morgan fingerprint density at radius 3 is 2.04 bits per heavy atom. The molecule has 0 atom stereocenters. The third-order valence-corrected chi connectivity index (χ3v) is 8.92. The van der Waals surface area contributed by atoms with Crippen LogP contribution in [-0.2, 0) is 20.2 Å². The maximum atomic E-state index is 13.6. The Labute approximate surface area is 272 Å². The average Bonchev–Trinajstić information content (AvgIpc) is 3.03. The summed E-state index contributed by atoms with van der Waals surface area (Å²) in [7, 11) is -10.1. The van der Waals surface area contributed by atoms with Gasteiger partial charge >= 0.3 is 5.69 Å². The van der Waals surface area contributed by atoms with Crippen LogP contribution in [0, 0.1) is 15.8 Å². The lowest BCUT2D eigenvalue weighted by Crippen LogP contribution is -2.32. The molecule has 6 rings (SSSR count). The van der Waals surface area contributed by atoms with Gasteiger partial charge in [-0.15, -0.1) is 0 Å². The molecular weight excluding hydrogens is 686 g/mol. The monoisotopic (exact) mass is 705 g/mol. The van der Waals surface area contributed by atoms with Crippen LogP contribution in [0.1, 0.15) is 0 Å². The molecule has 49 heavy (non-hydrogen) atoms. The fourth-order valence-corrected chi connectivity index (χ4v) is 6.24. The summed E-state index contributed by atoms with van der Waals surface area (Å²) in [6.45, 7) is 0. The van der Waals surface area contributed by atoms with E-state index in [2.05, 4.69) is 25.3 Å². The van der Waals surface area contributed by atoms with Gasteiger partial charge in [0.2, 0.25) is 11.9 Å². The zero-order valence-corrected chi connectivity index (χ0v) is 25.8. The summed E-state index contributed by atoms with van der Waals surface area (Å²) in [6, 6.07) is 9.29. The molecule has 0 spiro atoms. The Balaban J connectivity index is 1.58. The first-order valence-electron chi connectivity index (χ1n) is 13.5. The molecule has 2 heterocycles.